The first-order valence-electron chi connectivity index (χ1n) is 15.7. The van der Waals surface area contributed by atoms with Crippen molar-refractivity contribution in [3.8, 4) is 0 Å². The van der Waals surface area contributed by atoms with Crippen molar-refractivity contribution in [3.05, 3.63) is 36.7 Å². The molecule has 0 saturated carbocycles. The number of fused-ring (bicyclic) bond motifs is 5. The number of allylic oxidation sites excluding steroid dienone is 2. The van der Waals surface area contributed by atoms with E-state index in [2.05, 4.69) is 71.3 Å². The van der Waals surface area contributed by atoms with Crippen LogP contribution >= 0.6 is 0 Å². The summed E-state index contributed by atoms with van der Waals surface area (Å²) in [4.78, 5) is 33.1. The number of nitrogens with one attached hydrogen (secondary N) is 5. The molecule has 4 saturated heterocycles. The lowest BCUT2D eigenvalue weighted by atomic mass is 9.77. The van der Waals surface area contributed by atoms with Crippen LogP contribution in [0.25, 0.3) is 0 Å². The summed E-state index contributed by atoms with van der Waals surface area (Å²) >= 11 is 0. The van der Waals surface area contributed by atoms with Crippen LogP contribution in [0.1, 0.15) is 53.4 Å². The molecule has 5 N–H and O–H groups in total. The second kappa shape index (κ2) is 11.8. The fourth-order valence-corrected chi connectivity index (χ4v) is 8.22. The number of nitrogens with zero attached hydrogens (tertiary/aromatic N) is 4. The Hall–Kier alpha value is -2.67. The van der Waals surface area contributed by atoms with E-state index in [-0.39, 0.29) is 60.3 Å². The Morgan fingerprint density at radius 1 is 1.14 bits per heavy atom. The maximum atomic E-state index is 16.2. The van der Waals surface area contributed by atoms with Crippen LogP contribution in [0, 0.1) is 17.8 Å². The van der Waals surface area contributed by atoms with Crippen molar-refractivity contribution in [2.45, 2.75) is 102 Å². The van der Waals surface area contributed by atoms with E-state index < -0.39 is 12.3 Å². The molecule has 11 nitrogen and oxygen atoms in total. The fourth-order valence-electron chi connectivity index (χ4n) is 8.22. The molecule has 232 valence electrons. The largest absolute Gasteiger partial charge is 0.334 e. The van der Waals surface area contributed by atoms with Crippen molar-refractivity contribution in [3.63, 3.8) is 0 Å². The maximum absolute atomic E-state index is 16.2. The number of halogens is 1. The van der Waals surface area contributed by atoms with E-state index in [0.717, 1.165) is 31.5 Å². The first kappa shape index (κ1) is 29.4. The Morgan fingerprint density at radius 3 is 2.71 bits per heavy atom. The fraction of sp³-hybridized carbons (Fsp3) is 0.733. The molecule has 0 radical (unpaired) electrons. The number of carbonyl (C=O) groups is 2. The molecule has 4 fully saturated rings. The Morgan fingerprint density at radius 2 is 1.95 bits per heavy atom. The van der Waals surface area contributed by atoms with E-state index in [1.165, 1.54) is 6.08 Å². The third-order valence-corrected chi connectivity index (χ3v) is 10.3. The lowest BCUT2D eigenvalue weighted by molar-refractivity contribution is -0.137. The first-order chi connectivity index (χ1) is 20.2. The molecular weight excluding hydrogens is 537 g/mol. The highest BCUT2D eigenvalue weighted by Crippen LogP contribution is 2.40. The minimum absolute atomic E-state index is 0.0138. The molecule has 0 aromatic carbocycles. The average molecular weight is 586 g/mol. The minimum Gasteiger partial charge on any atom is -0.334 e. The molecule has 6 rings (SSSR count). The van der Waals surface area contributed by atoms with E-state index >= 15 is 4.39 Å². The van der Waals surface area contributed by atoms with Gasteiger partial charge in [-0.2, -0.15) is 0 Å². The molecule has 3 amide bonds. The predicted octanol–water partition coefficient (Wildman–Crippen LogP) is 1.56. The molecule has 10 unspecified atom stereocenters. The number of urea groups is 1. The third-order valence-electron chi connectivity index (χ3n) is 10.3. The van der Waals surface area contributed by atoms with Crippen LogP contribution < -0.4 is 26.9 Å². The van der Waals surface area contributed by atoms with E-state index in [1.807, 2.05) is 22.9 Å². The summed E-state index contributed by atoms with van der Waals surface area (Å²) in [5.41, 5.74) is 7.30. The Balaban J connectivity index is 1.38. The highest BCUT2D eigenvalue weighted by molar-refractivity contribution is 5.87. The Bertz CT molecular complexity index is 1120. The number of hydrazine groups is 2. The second-order valence-corrected chi connectivity index (χ2v) is 13.3. The smallest absolute Gasteiger partial charge is 0.320 e. The molecule has 6 heterocycles. The number of amides is 3. The van der Waals surface area contributed by atoms with Gasteiger partial charge in [0.1, 0.15) is 12.3 Å². The van der Waals surface area contributed by atoms with Crippen molar-refractivity contribution in [2.24, 2.45) is 17.8 Å². The van der Waals surface area contributed by atoms with Gasteiger partial charge in [-0.25, -0.2) is 9.18 Å². The zero-order chi connectivity index (χ0) is 29.7. The first-order valence-corrected chi connectivity index (χ1v) is 15.7. The molecule has 0 spiro atoms. The number of carbonyl (C=O) groups excluding carboxylic acids is 2. The van der Waals surface area contributed by atoms with Crippen molar-refractivity contribution >= 4 is 11.9 Å². The van der Waals surface area contributed by atoms with E-state index in [0.29, 0.717) is 25.4 Å². The highest BCUT2D eigenvalue weighted by atomic mass is 19.1. The monoisotopic (exact) mass is 585 g/mol. The van der Waals surface area contributed by atoms with Gasteiger partial charge >= 0.3 is 6.03 Å². The molecule has 0 aromatic rings. The quantitative estimate of drug-likeness (QED) is 0.251. The van der Waals surface area contributed by atoms with Gasteiger partial charge < -0.3 is 25.9 Å². The molecule has 6 aliphatic rings. The number of hydrogen-bond acceptors (Lipinski definition) is 8. The normalized spacial score (nSPS) is 40.7. The zero-order valence-corrected chi connectivity index (χ0v) is 25.3. The van der Waals surface area contributed by atoms with Crippen LogP contribution in [0.15, 0.2) is 36.7 Å². The van der Waals surface area contributed by atoms with Gasteiger partial charge in [0.25, 0.3) is 0 Å². The number of piperidine rings is 2. The van der Waals surface area contributed by atoms with Crippen LogP contribution in [-0.4, -0.2) is 100 Å². The summed E-state index contributed by atoms with van der Waals surface area (Å²) < 4.78 is 16.2. The van der Waals surface area contributed by atoms with Crippen molar-refractivity contribution < 1.29 is 14.0 Å². The zero-order valence-electron chi connectivity index (χ0n) is 25.3. The average Bonchev–Trinajstić information content (AvgIpc) is 3.44. The summed E-state index contributed by atoms with van der Waals surface area (Å²) in [5.74, 6) is 0.325. The SMILES string of the molecule is C=CC(=O)N1CC(C)N(C2NC(=O)N3C4NC(C(F)CC24)N2C=C(CC=CCC4CCNC(C(C)C)C43)NN2)CC1C. The van der Waals surface area contributed by atoms with Crippen LogP contribution in [0.3, 0.4) is 0 Å². The predicted molar refractivity (Wildman–Crippen MR) is 159 cm³/mol. The molecule has 4 bridgehead atoms. The lowest BCUT2D eigenvalue weighted by Crippen LogP contribution is -2.80. The minimum atomic E-state index is -1.17. The summed E-state index contributed by atoms with van der Waals surface area (Å²) in [5, 5.41) is 12.5. The van der Waals surface area contributed by atoms with Crippen molar-refractivity contribution in [1.29, 1.82) is 0 Å². The van der Waals surface area contributed by atoms with Gasteiger partial charge in [-0.05, 0) is 57.6 Å². The molecule has 0 aliphatic carbocycles. The Labute approximate surface area is 248 Å². The number of piperazine rings is 1. The van der Waals surface area contributed by atoms with Gasteiger partial charge in [-0.15, -0.1) is 5.53 Å². The van der Waals surface area contributed by atoms with E-state index in [4.69, 9.17) is 0 Å². The van der Waals surface area contributed by atoms with E-state index in [1.54, 1.807) is 5.01 Å². The highest BCUT2D eigenvalue weighted by Gasteiger charge is 2.56. The van der Waals surface area contributed by atoms with Gasteiger partial charge in [0, 0.05) is 55.5 Å². The number of rotatable bonds is 3. The number of alkyl halides is 1. The van der Waals surface area contributed by atoms with Gasteiger partial charge in [-0.1, -0.05) is 32.6 Å². The van der Waals surface area contributed by atoms with E-state index in [9.17, 15) is 9.59 Å². The molecule has 0 aromatic heterocycles. The molecule has 12 heteroatoms. The van der Waals surface area contributed by atoms with Gasteiger partial charge in [0.2, 0.25) is 5.91 Å². The second-order valence-electron chi connectivity index (χ2n) is 13.3. The molecular formula is C30H48FN9O2. The summed E-state index contributed by atoms with van der Waals surface area (Å²) in [6.45, 7) is 14.2. The van der Waals surface area contributed by atoms with Crippen molar-refractivity contribution in [1.82, 2.24) is 46.6 Å². The third kappa shape index (κ3) is 5.20. The number of hydrogen-bond donors (Lipinski definition) is 5. The van der Waals surface area contributed by atoms with Gasteiger partial charge in [0.05, 0.1) is 18.4 Å². The summed E-state index contributed by atoms with van der Waals surface area (Å²) in [7, 11) is 0. The lowest BCUT2D eigenvalue weighted by Gasteiger charge is -2.60. The standard InChI is InChI=1S/C30H48FN9O2/c1-6-24(41)37-14-19(5)38(15-18(37)4)27-22-13-23(31)29-33-28(22)40(30(42)34-27)26-20(11-12-32-25(26)17(2)3)9-7-8-10-21-16-39(29)36-35-21/h6-8,16-20,22-23,25-29,32-33,35-36H,1,9-15H2,2-5H3,(H,34,42). The summed E-state index contributed by atoms with van der Waals surface area (Å²) in [6, 6.07) is -0.102. The van der Waals surface area contributed by atoms with Gasteiger partial charge in [0.15, 0.2) is 0 Å². The van der Waals surface area contributed by atoms with Crippen LogP contribution in [-0.2, 0) is 4.79 Å². The van der Waals surface area contributed by atoms with Gasteiger partial charge in [-0.3, -0.25) is 20.0 Å². The van der Waals surface area contributed by atoms with Crippen LogP contribution in [0.4, 0.5) is 9.18 Å². The van der Waals surface area contributed by atoms with Crippen molar-refractivity contribution in [2.75, 3.05) is 19.6 Å². The molecule has 42 heavy (non-hydrogen) atoms. The summed E-state index contributed by atoms with van der Waals surface area (Å²) in [6.07, 6.45) is 8.06. The molecule has 10 atom stereocenters. The van der Waals surface area contributed by atoms with Crippen LogP contribution in [0.5, 0.6) is 0 Å². The Kier molecular flexibility index (Phi) is 8.25. The topological polar surface area (TPSA) is 107 Å². The maximum Gasteiger partial charge on any atom is 0.320 e. The molecule has 6 aliphatic heterocycles. The van der Waals surface area contributed by atoms with Crippen LogP contribution in [0.2, 0.25) is 0 Å².